The molecule has 1 atom stereocenters. The van der Waals surface area contributed by atoms with Gasteiger partial charge < -0.3 is 25.5 Å². The molecule has 3 heterocycles. The van der Waals surface area contributed by atoms with E-state index in [1.165, 1.54) is 16.2 Å². The number of aromatic nitrogens is 3. The SMILES string of the molecule is CC(C)CCn1nc2c3c1CCC(C3)NC(=O)CN(CCCO)C(=O)CCCN(C(=O)c1cscn1)CCNC2=O. The summed E-state index contributed by atoms with van der Waals surface area (Å²) in [5.74, 6) is -0.550. The number of carbonyl (C=O) groups excluding carboxylic acids is 4. The van der Waals surface area contributed by atoms with Gasteiger partial charge in [0.1, 0.15) is 5.69 Å². The van der Waals surface area contributed by atoms with Gasteiger partial charge in [0.2, 0.25) is 11.8 Å². The van der Waals surface area contributed by atoms with Crippen molar-refractivity contribution >= 4 is 35.0 Å². The highest BCUT2D eigenvalue weighted by atomic mass is 32.1. The fraction of sp³-hybridized carbons (Fsp3) is 0.643. The molecule has 224 valence electrons. The van der Waals surface area contributed by atoms with Gasteiger partial charge in [0.25, 0.3) is 11.8 Å². The summed E-state index contributed by atoms with van der Waals surface area (Å²) in [6.07, 6.45) is 3.70. The smallest absolute Gasteiger partial charge is 0.273 e. The Morgan fingerprint density at radius 1 is 1.20 bits per heavy atom. The summed E-state index contributed by atoms with van der Waals surface area (Å²) in [5, 5.41) is 21.7. The van der Waals surface area contributed by atoms with Crippen LogP contribution in [0.2, 0.25) is 0 Å². The predicted molar refractivity (Wildman–Crippen MR) is 154 cm³/mol. The minimum Gasteiger partial charge on any atom is -0.396 e. The summed E-state index contributed by atoms with van der Waals surface area (Å²) < 4.78 is 1.94. The Morgan fingerprint density at radius 2 is 2.02 bits per heavy atom. The average molecular weight is 588 g/mol. The Morgan fingerprint density at radius 3 is 2.76 bits per heavy atom. The molecule has 4 amide bonds. The van der Waals surface area contributed by atoms with Gasteiger partial charge in [-0.15, -0.1) is 11.3 Å². The van der Waals surface area contributed by atoms with Crippen LogP contribution in [0.25, 0.3) is 0 Å². The highest BCUT2D eigenvalue weighted by Gasteiger charge is 2.31. The number of aryl methyl sites for hydroxylation is 1. The first kappa shape index (κ1) is 30.6. The van der Waals surface area contributed by atoms with Crippen molar-refractivity contribution in [3.8, 4) is 0 Å². The van der Waals surface area contributed by atoms with Crippen LogP contribution in [0.15, 0.2) is 10.9 Å². The number of nitrogens with one attached hydrogen (secondary N) is 2. The van der Waals surface area contributed by atoms with Gasteiger partial charge in [-0.05, 0) is 44.4 Å². The van der Waals surface area contributed by atoms with Crippen molar-refractivity contribution in [3.05, 3.63) is 33.5 Å². The van der Waals surface area contributed by atoms with Crippen molar-refractivity contribution in [3.63, 3.8) is 0 Å². The van der Waals surface area contributed by atoms with E-state index in [0.717, 1.165) is 17.7 Å². The fourth-order valence-electron chi connectivity index (χ4n) is 5.32. The normalized spacial score (nSPS) is 19.2. The third-order valence-electron chi connectivity index (χ3n) is 7.54. The number of nitrogens with zero attached hydrogens (tertiary/aromatic N) is 5. The number of fused-ring (bicyclic) bond motifs is 1. The van der Waals surface area contributed by atoms with Crippen LogP contribution in [0.3, 0.4) is 0 Å². The molecule has 2 aromatic heterocycles. The first-order valence-corrected chi connectivity index (χ1v) is 15.4. The number of aliphatic hydroxyl groups excluding tert-OH is 1. The topological polar surface area (TPSA) is 150 Å². The largest absolute Gasteiger partial charge is 0.396 e. The van der Waals surface area contributed by atoms with Gasteiger partial charge in [0.05, 0.1) is 12.1 Å². The summed E-state index contributed by atoms with van der Waals surface area (Å²) >= 11 is 1.32. The maximum Gasteiger partial charge on any atom is 0.273 e. The lowest BCUT2D eigenvalue weighted by molar-refractivity contribution is -0.136. The molecule has 0 spiro atoms. The Hall–Kier alpha value is -3.32. The van der Waals surface area contributed by atoms with Crippen LogP contribution < -0.4 is 10.6 Å². The fourth-order valence-corrected chi connectivity index (χ4v) is 5.85. The number of hydrogen-bond donors (Lipinski definition) is 3. The number of thiazole rings is 1. The molecule has 2 bridgehead atoms. The lowest BCUT2D eigenvalue weighted by Gasteiger charge is -2.27. The highest BCUT2D eigenvalue weighted by molar-refractivity contribution is 7.07. The second-order valence-electron chi connectivity index (χ2n) is 11.1. The molecule has 41 heavy (non-hydrogen) atoms. The van der Waals surface area contributed by atoms with E-state index in [0.29, 0.717) is 62.5 Å². The molecule has 0 fully saturated rings. The molecule has 13 heteroatoms. The summed E-state index contributed by atoms with van der Waals surface area (Å²) in [5.41, 5.74) is 4.15. The van der Waals surface area contributed by atoms with E-state index in [4.69, 9.17) is 5.10 Å². The molecular formula is C28H41N7O5S. The van der Waals surface area contributed by atoms with Gasteiger partial charge >= 0.3 is 0 Å². The van der Waals surface area contributed by atoms with Crippen LogP contribution in [-0.2, 0) is 29.0 Å². The Balaban J connectivity index is 1.60. The molecule has 1 unspecified atom stereocenters. The number of amides is 4. The van der Waals surface area contributed by atoms with E-state index in [-0.39, 0.29) is 68.9 Å². The zero-order valence-corrected chi connectivity index (χ0v) is 24.7. The second-order valence-corrected chi connectivity index (χ2v) is 11.8. The van der Waals surface area contributed by atoms with Gasteiger partial charge in [-0.25, -0.2) is 4.98 Å². The van der Waals surface area contributed by atoms with Crippen molar-refractivity contribution in [2.75, 3.05) is 39.3 Å². The van der Waals surface area contributed by atoms with Gasteiger partial charge in [0, 0.05) is 68.4 Å². The van der Waals surface area contributed by atoms with Gasteiger partial charge in [-0.1, -0.05) is 13.8 Å². The second kappa shape index (κ2) is 14.5. The zero-order chi connectivity index (χ0) is 29.4. The molecule has 0 saturated carbocycles. The summed E-state index contributed by atoms with van der Waals surface area (Å²) in [6.45, 7) is 5.85. The summed E-state index contributed by atoms with van der Waals surface area (Å²) in [6, 6.07) is -0.180. The lowest BCUT2D eigenvalue weighted by atomic mass is 9.91. The van der Waals surface area contributed by atoms with Gasteiger partial charge in [0.15, 0.2) is 5.69 Å². The van der Waals surface area contributed by atoms with Crippen LogP contribution in [-0.4, -0.2) is 98.7 Å². The van der Waals surface area contributed by atoms with Crippen molar-refractivity contribution in [1.82, 2.24) is 35.2 Å². The molecule has 1 aliphatic carbocycles. The Labute approximate surface area is 244 Å². The maximum absolute atomic E-state index is 13.4. The van der Waals surface area contributed by atoms with Crippen LogP contribution in [0, 0.1) is 5.92 Å². The quantitative estimate of drug-likeness (QED) is 0.441. The maximum atomic E-state index is 13.4. The first-order chi connectivity index (χ1) is 19.8. The van der Waals surface area contributed by atoms with Gasteiger partial charge in [-0.3, -0.25) is 23.9 Å². The van der Waals surface area contributed by atoms with Gasteiger partial charge in [-0.2, -0.15) is 5.10 Å². The number of aliphatic hydroxyl groups is 1. The molecule has 2 aromatic rings. The Bertz CT molecular complexity index is 1210. The standard InChI is InChI=1S/C28H41N7O5S/c1-19(2)8-12-35-23-7-6-20-15-21(23)26(32-35)27(39)29-9-13-33(28(40)22-17-41-18-30-22)10-3-5-25(38)34(11-4-14-36)16-24(37)31-20/h17-20,36H,3-16H2,1-2H3,(H,29,39)(H,31,37). The van der Waals surface area contributed by atoms with Crippen LogP contribution in [0.1, 0.15) is 78.2 Å². The monoisotopic (exact) mass is 587 g/mol. The number of carbonyl (C=O) groups is 4. The average Bonchev–Trinajstić information content (AvgIpc) is 3.61. The summed E-state index contributed by atoms with van der Waals surface area (Å²) in [7, 11) is 0. The number of hydrogen-bond acceptors (Lipinski definition) is 8. The van der Waals surface area contributed by atoms with Crippen molar-refractivity contribution in [1.29, 1.82) is 0 Å². The van der Waals surface area contributed by atoms with E-state index >= 15 is 0 Å². The van der Waals surface area contributed by atoms with E-state index in [1.54, 1.807) is 15.8 Å². The molecular weight excluding hydrogens is 546 g/mol. The minimum atomic E-state index is -0.299. The van der Waals surface area contributed by atoms with E-state index < -0.39 is 0 Å². The van der Waals surface area contributed by atoms with Crippen LogP contribution in [0.5, 0.6) is 0 Å². The minimum absolute atomic E-state index is 0.0860. The Kier molecular flexibility index (Phi) is 10.9. The van der Waals surface area contributed by atoms with Crippen LogP contribution >= 0.6 is 11.3 Å². The molecule has 2 aliphatic rings. The summed E-state index contributed by atoms with van der Waals surface area (Å²) in [4.78, 5) is 59.9. The number of rotatable bonds is 7. The van der Waals surface area contributed by atoms with Crippen molar-refractivity contribution in [2.45, 2.75) is 71.4 Å². The molecule has 4 rings (SSSR count). The third-order valence-corrected chi connectivity index (χ3v) is 8.13. The van der Waals surface area contributed by atoms with Crippen molar-refractivity contribution in [2.24, 2.45) is 5.92 Å². The zero-order valence-electron chi connectivity index (χ0n) is 23.9. The molecule has 1 aliphatic heterocycles. The molecule has 0 radical (unpaired) electrons. The first-order valence-electron chi connectivity index (χ1n) is 14.5. The highest BCUT2D eigenvalue weighted by Crippen LogP contribution is 2.26. The molecule has 0 saturated heterocycles. The predicted octanol–water partition coefficient (Wildman–Crippen LogP) is 1.24. The van der Waals surface area contributed by atoms with E-state index in [2.05, 4.69) is 29.5 Å². The van der Waals surface area contributed by atoms with E-state index in [1.807, 2.05) is 4.68 Å². The van der Waals surface area contributed by atoms with Crippen LogP contribution in [0.4, 0.5) is 0 Å². The van der Waals surface area contributed by atoms with E-state index in [9.17, 15) is 24.3 Å². The molecule has 12 nitrogen and oxygen atoms in total. The lowest BCUT2D eigenvalue weighted by Crippen LogP contribution is -2.46. The van der Waals surface area contributed by atoms with Crippen molar-refractivity contribution < 1.29 is 24.3 Å². The third kappa shape index (κ3) is 8.13. The molecule has 3 N–H and O–H groups in total. The molecule has 0 aromatic carbocycles.